The van der Waals surface area contributed by atoms with E-state index in [9.17, 15) is 0 Å². The van der Waals surface area contributed by atoms with Gasteiger partial charge >= 0.3 is 0 Å². The first kappa shape index (κ1) is 15.7. The van der Waals surface area contributed by atoms with Crippen LogP contribution >= 0.6 is 11.6 Å². The first-order chi connectivity index (χ1) is 10.1. The van der Waals surface area contributed by atoms with Crippen molar-refractivity contribution >= 4 is 11.6 Å². The van der Waals surface area contributed by atoms with Gasteiger partial charge in [0.15, 0.2) is 0 Å². The lowest BCUT2D eigenvalue weighted by molar-refractivity contribution is 0.322. The van der Waals surface area contributed by atoms with Crippen LogP contribution in [0.4, 0.5) is 0 Å². The molecule has 0 aromatic heterocycles. The lowest BCUT2D eigenvalue weighted by Gasteiger charge is -2.11. The van der Waals surface area contributed by atoms with Gasteiger partial charge in [-0.1, -0.05) is 29.8 Å². The molecular formula is C17H20ClNO2. The van der Waals surface area contributed by atoms with Crippen LogP contribution in [0.3, 0.4) is 0 Å². The van der Waals surface area contributed by atoms with Crippen molar-refractivity contribution in [2.24, 2.45) is 5.73 Å². The van der Waals surface area contributed by atoms with E-state index in [2.05, 4.69) is 0 Å². The van der Waals surface area contributed by atoms with Crippen LogP contribution in [-0.2, 0) is 6.42 Å². The average Bonchev–Trinajstić information content (AvgIpc) is 2.49. The Hall–Kier alpha value is -1.71. The number of ether oxygens (including phenoxy) is 2. The van der Waals surface area contributed by atoms with Gasteiger partial charge in [0.25, 0.3) is 0 Å². The Morgan fingerprint density at radius 3 is 2.43 bits per heavy atom. The van der Waals surface area contributed by atoms with E-state index in [4.69, 9.17) is 26.8 Å². The number of hydrogen-bond acceptors (Lipinski definition) is 3. The van der Waals surface area contributed by atoms with E-state index in [1.165, 1.54) is 5.56 Å². The van der Waals surface area contributed by atoms with E-state index in [0.29, 0.717) is 17.4 Å². The number of halogens is 1. The van der Waals surface area contributed by atoms with Crippen molar-refractivity contribution < 1.29 is 9.47 Å². The van der Waals surface area contributed by atoms with Crippen LogP contribution < -0.4 is 15.2 Å². The van der Waals surface area contributed by atoms with Gasteiger partial charge in [0.2, 0.25) is 0 Å². The Morgan fingerprint density at radius 2 is 1.86 bits per heavy atom. The lowest BCUT2D eigenvalue weighted by Crippen LogP contribution is -2.06. The quantitative estimate of drug-likeness (QED) is 0.877. The normalized spacial score (nSPS) is 12.0. The summed E-state index contributed by atoms with van der Waals surface area (Å²) >= 11 is 6.20. The van der Waals surface area contributed by atoms with Gasteiger partial charge in [-0.25, -0.2) is 0 Å². The summed E-state index contributed by atoms with van der Waals surface area (Å²) in [7, 11) is 1.66. The van der Waals surface area contributed by atoms with Crippen molar-refractivity contribution in [3.05, 3.63) is 58.6 Å². The Bertz CT molecular complexity index is 582. The van der Waals surface area contributed by atoms with Crippen molar-refractivity contribution in [2.75, 3.05) is 13.7 Å². The second-order valence-corrected chi connectivity index (χ2v) is 5.33. The third kappa shape index (κ3) is 4.38. The first-order valence-corrected chi connectivity index (χ1v) is 7.28. The zero-order valence-electron chi connectivity index (χ0n) is 12.3. The zero-order valence-corrected chi connectivity index (χ0v) is 13.1. The van der Waals surface area contributed by atoms with E-state index in [-0.39, 0.29) is 6.04 Å². The smallest absolute Gasteiger partial charge is 0.137 e. The molecule has 112 valence electrons. The van der Waals surface area contributed by atoms with Crippen LogP contribution in [0.25, 0.3) is 0 Å². The maximum Gasteiger partial charge on any atom is 0.137 e. The molecule has 0 aliphatic heterocycles. The van der Waals surface area contributed by atoms with Gasteiger partial charge in [0, 0.05) is 12.5 Å². The van der Waals surface area contributed by atoms with Crippen molar-refractivity contribution in [1.29, 1.82) is 0 Å². The van der Waals surface area contributed by atoms with Gasteiger partial charge in [-0.05, 0) is 42.3 Å². The zero-order chi connectivity index (χ0) is 15.2. The van der Waals surface area contributed by atoms with E-state index < -0.39 is 0 Å². The van der Waals surface area contributed by atoms with Gasteiger partial charge < -0.3 is 15.2 Å². The van der Waals surface area contributed by atoms with Gasteiger partial charge in [-0.15, -0.1) is 0 Å². The monoisotopic (exact) mass is 305 g/mol. The van der Waals surface area contributed by atoms with Crippen LogP contribution in [0.2, 0.25) is 5.02 Å². The van der Waals surface area contributed by atoms with Crippen LogP contribution in [0.5, 0.6) is 11.5 Å². The minimum Gasteiger partial charge on any atom is -0.497 e. The Morgan fingerprint density at radius 1 is 1.14 bits per heavy atom. The van der Waals surface area contributed by atoms with Crippen molar-refractivity contribution in [3.63, 3.8) is 0 Å². The topological polar surface area (TPSA) is 44.5 Å². The highest BCUT2D eigenvalue weighted by Gasteiger charge is 2.06. The molecule has 0 spiro atoms. The van der Waals surface area contributed by atoms with Crippen molar-refractivity contribution in [1.82, 2.24) is 0 Å². The first-order valence-electron chi connectivity index (χ1n) is 6.91. The molecule has 2 rings (SSSR count). The maximum absolute atomic E-state index is 6.20. The standard InChI is InChI=1S/C17H20ClNO2/c1-12(19)14-5-8-17(16(18)11-14)21-10-9-13-3-6-15(20-2)7-4-13/h3-8,11-12H,9-10,19H2,1-2H3/t12-/m0/s1. The third-order valence-electron chi connectivity index (χ3n) is 3.29. The minimum absolute atomic E-state index is 0.0316. The van der Waals surface area contributed by atoms with Crippen LogP contribution in [0.1, 0.15) is 24.1 Å². The molecule has 0 fully saturated rings. The predicted molar refractivity (Wildman–Crippen MR) is 86.2 cm³/mol. The van der Waals surface area contributed by atoms with E-state index in [1.54, 1.807) is 7.11 Å². The molecule has 4 heteroatoms. The largest absolute Gasteiger partial charge is 0.497 e. The summed E-state index contributed by atoms with van der Waals surface area (Å²) < 4.78 is 10.9. The molecule has 0 saturated heterocycles. The van der Waals surface area contributed by atoms with Gasteiger partial charge in [0.05, 0.1) is 18.7 Å². The Balaban J connectivity index is 1.90. The van der Waals surface area contributed by atoms with Crippen molar-refractivity contribution in [3.8, 4) is 11.5 Å². The molecule has 0 aliphatic rings. The second kappa shape index (κ2) is 7.34. The minimum atomic E-state index is -0.0316. The summed E-state index contributed by atoms with van der Waals surface area (Å²) in [5, 5.41) is 0.597. The second-order valence-electron chi connectivity index (χ2n) is 4.93. The van der Waals surface area contributed by atoms with Gasteiger partial charge in [-0.2, -0.15) is 0 Å². The molecule has 0 bridgehead atoms. The van der Waals surface area contributed by atoms with E-state index in [1.807, 2.05) is 49.4 Å². The summed E-state index contributed by atoms with van der Waals surface area (Å²) in [6.07, 6.45) is 0.815. The maximum atomic E-state index is 6.20. The summed E-state index contributed by atoms with van der Waals surface area (Å²) in [5.41, 5.74) is 8.02. The number of hydrogen-bond donors (Lipinski definition) is 1. The molecule has 0 amide bonds. The molecule has 0 radical (unpaired) electrons. The Kier molecular flexibility index (Phi) is 5.48. The Labute approximate surface area is 130 Å². The number of nitrogens with two attached hydrogens (primary N) is 1. The highest BCUT2D eigenvalue weighted by molar-refractivity contribution is 6.32. The summed E-state index contributed by atoms with van der Waals surface area (Å²) in [6, 6.07) is 13.6. The molecule has 21 heavy (non-hydrogen) atoms. The predicted octanol–water partition coefficient (Wildman–Crippen LogP) is 3.99. The van der Waals surface area contributed by atoms with Gasteiger partial charge in [0.1, 0.15) is 11.5 Å². The number of rotatable bonds is 6. The fraction of sp³-hybridized carbons (Fsp3) is 0.294. The molecule has 0 heterocycles. The molecule has 0 aliphatic carbocycles. The number of methoxy groups -OCH3 is 1. The fourth-order valence-corrected chi connectivity index (χ4v) is 2.23. The van der Waals surface area contributed by atoms with E-state index in [0.717, 1.165) is 17.7 Å². The molecule has 3 nitrogen and oxygen atoms in total. The van der Waals surface area contributed by atoms with Crippen LogP contribution in [0.15, 0.2) is 42.5 Å². The SMILES string of the molecule is COc1ccc(CCOc2ccc([C@H](C)N)cc2Cl)cc1. The molecule has 2 N–H and O–H groups in total. The molecule has 2 aromatic rings. The highest BCUT2D eigenvalue weighted by Crippen LogP contribution is 2.27. The highest BCUT2D eigenvalue weighted by atomic mass is 35.5. The molecule has 1 atom stereocenters. The molecule has 2 aromatic carbocycles. The summed E-state index contributed by atoms with van der Waals surface area (Å²) in [6.45, 7) is 2.50. The summed E-state index contributed by atoms with van der Waals surface area (Å²) in [5.74, 6) is 1.55. The van der Waals surface area contributed by atoms with Gasteiger partial charge in [-0.3, -0.25) is 0 Å². The summed E-state index contributed by atoms with van der Waals surface area (Å²) in [4.78, 5) is 0. The van der Waals surface area contributed by atoms with E-state index >= 15 is 0 Å². The van der Waals surface area contributed by atoms with Crippen molar-refractivity contribution in [2.45, 2.75) is 19.4 Å². The fourth-order valence-electron chi connectivity index (χ4n) is 1.99. The molecular weight excluding hydrogens is 286 g/mol. The van der Waals surface area contributed by atoms with Crippen LogP contribution in [0, 0.1) is 0 Å². The average molecular weight is 306 g/mol. The van der Waals surface area contributed by atoms with Crippen LogP contribution in [-0.4, -0.2) is 13.7 Å². The number of benzene rings is 2. The molecule has 0 saturated carbocycles. The molecule has 0 unspecified atom stereocenters. The third-order valence-corrected chi connectivity index (χ3v) is 3.58. The lowest BCUT2D eigenvalue weighted by atomic mass is 10.1.